The molecular weight excluding hydrogens is 324 g/mol. The quantitative estimate of drug-likeness (QED) is 0.338. The summed E-state index contributed by atoms with van der Waals surface area (Å²) in [5.41, 5.74) is 0. The van der Waals surface area contributed by atoms with E-state index >= 15 is 0 Å². The molecule has 25 heavy (non-hydrogen) atoms. The van der Waals surface area contributed by atoms with Gasteiger partial charge in [0, 0.05) is 12.7 Å². The second-order valence-electron chi connectivity index (χ2n) is 6.36. The average molecular weight is 355 g/mol. The van der Waals surface area contributed by atoms with Crippen LogP contribution in [0.25, 0.3) is 0 Å². The Morgan fingerprint density at radius 1 is 0.960 bits per heavy atom. The molecular formula is C22H30O2Si. The Morgan fingerprint density at radius 2 is 1.52 bits per heavy atom. The molecule has 0 fully saturated rings. The van der Waals surface area contributed by atoms with Gasteiger partial charge in [-0.2, -0.15) is 0 Å². The lowest BCUT2D eigenvalue weighted by atomic mass is 10.3. The van der Waals surface area contributed by atoms with E-state index in [1.165, 1.54) is 12.8 Å². The monoisotopic (exact) mass is 354 g/mol. The molecule has 2 aromatic carbocycles. The van der Waals surface area contributed by atoms with E-state index in [0.29, 0.717) is 0 Å². The van der Waals surface area contributed by atoms with Crippen LogP contribution in [0.5, 0.6) is 0 Å². The molecule has 0 heterocycles. The molecule has 134 valence electrons. The number of benzene rings is 2. The van der Waals surface area contributed by atoms with Crippen LogP contribution >= 0.6 is 0 Å². The highest BCUT2D eigenvalue weighted by Crippen LogP contribution is 2.15. The zero-order valence-corrected chi connectivity index (χ0v) is 16.5. The minimum atomic E-state index is -2.75. The third kappa shape index (κ3) is 5.40. The van der Waals surface area contributed by atoms with Crippen molar-refractivity contribution in [3.05, 3.63) is 73.3 Å². The maximum Gasteiger partial charge on any atom is 0.407 e. The summed E-state index contributed by atoms with van der Waals surface area (Å²) in [6, 6.07) is 20.9. The van der Waals surface area contributed by atoms with Gasteiger partial charge in [-0.1, -0.05) is 86.5 Å². The summed E-state index contributed by atoms with van der Waals surface area (Å²) >= 11 is 0. The van der Waals surface area contributed by atoms with Crippen molar-refractivity contribution in [3.63, 3.8) is 0 Å². The molecule has 0 N–H and O–H groups in total. The zero-order valence-electron chi connectivity index (χ0n) is 15.5. The van der Waals surface area contributed by atoms with Crippen LogP contribution < -0.4 is 10.4 Å². The molecule has 0 aliphatic heterocycles. The summed E-state index contributed by atoms with van der Waals surface area (Å²) in [5.74, 6) is 0. The highest BCUT2D eigenvalue weighted by atomic mass is 28.4. The van der Waals surface area contributed by atoms with Crippen molar-refractivity contribution in [2.75, 3.05) is 6.61 Å². The molecule has 2 rings (SSSR count). The Kier molecular flexibility index (Phi) is 8.12. The fourth-order valence-electron chi connectivity index (χ4n) is 2.95. The Labute approximate surface area is 153 Å². The first-order chi connectivity index (χ1) is 12.2. The Bertz CT molecular complexity index is 573. The van der Waals surface area contributed by atoms with E-state index in [2.05, 4.69) is 69.0 Å². The standard InChI is InChI=1S/C22H30O2Si/c1-4-6-13-19-23-25(24-20(3)14-5-2,21-15-9-7-10-16-21)22-17-11-8-12-18-22/h5,7-12,15-18,20H,2,4,6,13-14,19H2,1,3H3. The average Bonchev–Trinajstić information content (AvgIpc) is 2.66. The molecule has 0 radical (unpaired) electrons. The molecule has 0 bridgehead atoms. The third-order valence-electron chi connectivity index (χ3n) is 4.23. The molecule has 0 aromatic heterocycles. The molecule has 0 saturated carbocycles. The van der Waals surface area contributed by atoms with E-state index in [1.54, 1.807) is 0 Å². The summed E-state index contributed by atoms with van der Waals surface area (Å²) in [5, 5.41) is 2.32. The van der Waals surface area contributed by atoms with Crippen LogP contribution in [0.3, 0.4) is 0 Å². The predicted octanol–water partition coefficient (Wildman–Crippen LogP) is 4.43. The summed E-state index contributed by atoms with van der Waals surface area (Å²) < 4.78 is 13.3. The van der Waals surface area contributed by atoms with E-state index in [-0.39, 0.29) is 6.10 Å². The molecule has 0 aliphatic carbocycles. The largest absolute Gasteiger partial charge is 0.407 e. The smallest absolute Gasteiger partial charge is 0.388 e. The highest BCUT2D eigenvalue weighted by Gasteiger charge is 2.43. The van der Waals surface area contributed by atoms with Crippen LogP contribution in [0.2, 0.25) is 0 Å². The van der Waals surface area contributed by atoms with Crippen LogP contribution in [0, 0.1) is 0 Å². The van der Waals surface area contributed by atoms with Gasteiger partial charge in [-0.15, -0.1) is 6.58 Å². The molecule has 0 amide bonds. The number of hydrogen-bond donors (Lipinski definition) is 0. The first-order valence-electron chi connectivity index (χ1n) is 9.26. The van der Waals surface area contributed by atoms with Crippen molar-refractivity contribution >= 4 is 18.9 Å². The second-order valence-corrected chi connectivity index (χ2v) is 9.27. The van der Waals surface area contributed by atoms with Gasteiger partial charge in [0.2, 0.25) is 0 Å². The van der Waals surface area contributed by atoms with Gasteiger partial charge in [0.25, 0.3) is 0 Å². The fraction of sp³-hybridized carbons (Fsp3) is 0.364. The first kappa shape index (κ1) is 19.6. The number of hydrogen-bond acceptors (Lipinski definition) is 2. The first-order valence-corrected chi connectivity index (χ1v) is 11.1. The molecule has 2 nitrogen and oxygen atoms in total. The predicted molar refractivity (Wildman–Crippen MR) is 109 cm³/mol. The van der Waals surface area contributed by atoms with Crippen molar-refractivity contribution in [1.29, 1.82) is 0 Å². The second kappa shape index (κ2) is 10.3. The summed E-state index contributed by atoms with van der Waals surface area (Å²) in [6.07, 6.45) is 6.21. The lowest BCUT2D eigenvalue weighted by Gasteiger charge is -2.34. The topological polar surface area (TPSA) is 18.5 Å². The molecule has 1 unspecified atom stereocenters. The molecule has 0 spiro atoms. The summed E-state index contributed by atoms with van der Waals surface area (Å²) in [4.78, 5) is 0. The Morgan fingerprint density at radius 3 is 2.00 bits per heavy atom. The van der Waals surface area contributed by atoms with Crippen molar-refractivity contribution in [3.8, 4) is 0 Å². The van der Waals surface area contributed by atoms with E-state index < -0.39 is 8.56 Å². The number of unbranched alkanes of at least 4 members (excludes halogenated alkanes) is 2. The SMILES string of the molecule is C=CCC(C)O[Si](OCCCCC)(c1ccccc1)c1ccccc1. The van der Waals surface area contributed by atoms with Crippen molar-refractivity contribution in [2.45, 2.75) is 45.6 Å². The summed E-state index contributed by atoms with van der Waals surface area (Å²) in [7, 11) is -2.75. The van der Waals surface area contributed by atoms with Gasteiger partial charge in [0.1, 0.15) is 0 Å². The van der Waals surface area contributed by atoms with Gasteiger partial charge in [0.05, 0.1) is 0 Å². The van der Waals surface area contributed by atoms with Gasteiger partial charge < -0.3 is 8.85 Å². The van der Waals surface area contributed by atoms with Crippen molar-refractivity contribution in [1.82, 2.24) is 0 Å². The minimum Gasteiger partial charge on any atom is -0.388 e. The van der Waals surface area contributed by atoms with Crippen LogP contribution in [0.4, 0.5) is 0 Å². The van der Waals surface area contributed by atoms with Crippen LogP contribution in [0.1, 0.15) is 39.5 Å². The van der Waals surface area contributed by atoms with Crippen molar-refractivity contribution in [2.24, 2.45) is 0 Å². The lowest BCUT2D eigenvalue weighted by Crippen LogP contribution is -2.64. The lowest BCUT2D eigenvalue weighted by molar-refractivity contribution is 0.142. The van der Waals surface area contributed by atoms with Gasteiger partial charge >= 0.3 is 8.56 Å². The van der Waals surface area contributed by atoms with Gasteiger partial charge in [-0.25, -0.2) is 0 Å². The fourth-order valence-corrected chi connectivity index (χ4v) is 6.32. The molecule has 2 aromatic rings. The molecule has 1 atom stereocenters. The van der Waals surface area contributed by atoms with Crippen LogP contribution in [-0.4, -0.2) is 21.3 Å². The number of rotatable bonds is 11. The third-order valence-corrected chi connectivity index (χ3v) is 7.76. The van der Waals surface area contributed by atoms with Gasteiger partial charge in [-0.3, -0.25) is 0 Å². The van der Waals surface area contributed by atoms with Gasteiger partial charge in [-0.05, 0) is 30.1 Å². The minimum absolute atomic E-state index is 0.0655. The molecule has 3 heteroatoms. The highest BCUT2D eigenvalue weighted by molar-refractivity contribution is 6.92. The van der Waals surface area contributed by atoms with Crippen LogP contribution in [0.15, 0.2) is 73.3 Å². The van der Waals surface area contributed by atoms with E-state index in [1.807, 2.05) is 18.2 Å². The van der Waals surface area contributed by atoms with E-state index in [0.717, 1.165) is 29.8 Å². The zero-order chi connectivity index (χ0) is 18.0. The molecule has 0 saturated heterocycles. The maximum absolute atomic E-state index is 6.68. The normalized spacial score (nSPS) is 12.7. The van der Waals surface area contributed by atoms with Crippen molar-refractivity contribution < 1.29 is 8.85 Å². The Balaban J connectivity index is 2.42. The molecule has 0 aliphatic rings. The summed E-state index contributed by atoms with van der Waals surface area (Å²) in [6.45, 7) is 8.90. The van der Waals surface area contributed by atoms with E-state index in [4.69, 9.17) is 8.85 Å². The van der Waals surface area contributed by atoms with Gasteiger partial charge in [0.15, 0.2) is 0 Å². The van der Waals surface area contributed by atoms with Crippen LogP contribution in [-0.2, 0) is 8.85 Å². The Hall–Kier alpha value is -1.68. The maximum atomic E-state index is 6.68. The van der Waals surface area contributed by atoms with E-state index in [9.17, 15) is 0 Å².